The predicted molar refractivity (Wildman–Crippen MR) is 81.4 cm³/mol. The van der Waals surface area contributed by atoms with Gasteiger partial charge in [-0.3, -0.25) is 4.79 Å². The van der Waals surface area contributed by atoms with Crippen LogP contribution >= 0.6 is 0 Å². The fraction of sp³-hybridized carbons (Fsp3) is 0.500. The second-order valence-corrected chi connectivity index (χ2v) is 5.78. The molecule has 0 bridgehead atoms. The number of carbonyl (C=O) groups excluding carboxylic acids is 1. The van der Waals surface area contributed by atoms with Crippen molar-refractivity contribution in [2.75, 3.05) is 11.9 Å². The van der Waals surface area contributed by atoms with Gasteiger partial charge >= 0.3 is 12.0 Å². The molecule has 1 aliphatic carbocycles. The Balaban J connectivity index is 1.82. The number of urea groups is 1. The van der Waals surface area contributed by atoms with Crippen LogP contribution in [0.2, 0.25) is 0 Å². The fourth-order valence-corrected chi connectivity index (χ4v) is 2.68. The molecule has 5 nitrogen and oxygen atoms in total. The summed E-state index contributed by atoms with van der Waals surface area (Å²) in [6, 6.07) is 7.42. The Bertz CT molecular complexity index is 507. The van der Waals surface area contributed by atoms with E-state index in [1.807, 2.05) is 24.3 Å². The molecule has 114 valence electrons. The van der Waals surface area contributed by atoms with Crippen molar-refractivity contribution < 1.29 is 14.7 Å². The van der Waals surface area contributed by atoms with Gasteiger partial charge in [0.2, 0.25) is 0 Å². The van der Waals surface area contributed by atoms with E-state index < -0.39 is 5.97 Å². The van der Waals surface area contributed by atoms with Crippen LogP contribution in [-0.2, 0) is 11.2 Å². The molecule has 0 atom stereocenters. The second-order valence-electron chi connectivity index (χ2n) is 5.78. The number of hydrogen-bond donors (Lipinski definition) is 3. The summed E-state index contributed by atoms with van der Waals surface area (Å²) in [7, 11) is 0. The van der Waals surface area contributed by atoms with Crippen LogP contribution in [0.5, 0.6) is 0 Å². The number of hydrogen-bond acceptors (Lipinski definition) is 2. The molecule has 0 unspecified atom stereocenters. The van der Waals surface area contributed by atoms with Crippen LogP contribution < -0.4 is 10.6 Å². The molecule has 1 aliphatic rings. The van der Waals surface area contributed by atoms with Gasteiger partial charge in [0, 0.05) is 12.2 Å². The molecule has 0 spiro atoms. The summed E-state index contributed by atoms with van der Waals surface area (Å²) in [4.78, 5) is 22.7. The summed E-state index contributed by atoms with van der Waals surface area (Å²) >= 11 is 0. The van der Waals surface area contributed by atoms with Crippen LogP contribution in [0, 0.1) is 5.41 Å². The first-order valence-corrected chi connectivity index (χ1v) is 7.39. The van der Waals surface area contributed by atoms with Gasteiger partial charge in [-0.05, 0) is 42.4 Å². The van der Waals surface area contributed by atoms with Crippen molar-refractivity contribution in [3.05, 3.63) is 29.8 Å². The van der Waals surface area contributed by atoms with E-state index in [4.69, 9.17) is 5.11 Å². The van der Waals surface area contributed by atoms with Crippen molar-refractivity contribution in [2.45, 2.75) is 39.0 Å². The minimum Gasteiger partial charge on any atom is -0.481 e. The second kappa shape index (κ2) is 6.61. The molecule has 0 radical (unpaired) electrons. The van der Waals surface area contributed by atoms with E-state index in [-0.39, 0.29) is 17.9 Å². The summed E-state index contributed by atoms with van der Waals surface area (Å²) < 4.78 is 0. The monoisotopic (exact) mass is 290 g/mol. The highest BCUT2D eigenvalue weighted by Crippen LogP contribution is 2.43. The van der Waals surface area contributed by atoms with E-state index in [9.17, 15) is 9.59 Å². The molecule has 0 aliphatic heterocycles. The highest BCUT2D eigenvalue weighted by atomic mass is 16.4. The molecular formula is C16H22N2O3. The average Bonchev–Trinajstić information content (AvgIpc) is 2.42. The van der Waals surface area contributed by atoms with Crippen molar-refractivity contribution in [3.63, 3.8) is 0 Å². The maximum Gasteiger partial charge on any atom is 0.319 e. The summed E-state index contributed by atoms with van der Waals surface area (Å²) in [5.74, 6) is -0.799. The van der Waals surface area contributed by atoms with Gasteiger partial charge in [0.25, 0.3) is 0 Å². The molecule has 0 saturated heterocycles. The van der Waals surface area contributed by atoms with Crippen LogP contribution in [0.1, 0.15) is 38.2 Å². The van der Waals surface area contributed by atoms with Crippen molar-refractivity contribution in [1.29, 1.82) is 0 Å². The van der Waals surface area contributed by atoms with Gasteiger partial charge in [0.15, 0.2) is 0 Å². The Hall–Kier alpha value is -2.04. The maximum absolute atomic E-state index is 11.9. The van der Waals surface area contributed by atoms with Crippen LogP contribution in [0.25, 0.3) is 0 Å². The molecule has 0 heterocycles. The van der Waals surface area contributed by atoms with E-state index in [1.54, 1.807) is 0 Å². The number of carboxylic acid groups (broad SMARTS) is 1. The zero-order valence-corrected chi connectivity index (χ0v) is 12.3. The molecular weight excluding hydrogens is 268 g/mol. The van der Waals surface area contributed by atoms with E-state index in [0.717, 1.165) is 31.4 Å². The highest BCUT2D eigenvalue weighted by molar-refractivity contribution is 5.89. The SMILES string of the molecule is CCc1ccc(NC(=O)NCC2(CC(=O)O)CCC2)cc1. The van der Waals surface area contributed by atoms with E-state index in [2.05, 4.69) is 17.6 Å². The van der Waals surface area contributed by atoms with Gasteiger partial charge in [-0.1, -0.05) is 25.5 Å². The van der Waals surface area contributed by atoms with Gasteiger partial charge in [0.05, 0.1) is 6.42 Å². The first kappa shape index (κ1) is 15.4. The number of nitrogens with one attached hydrogen (secondary N) is 2. The largest absolute Gasteiger partial charge is 0.481 e. The van der Waals surface area contributed by atoms with Gasteiger partial charge < -0.3 is 15.7 Å². The lowest BCUT2D eigenvalue weighted by atomic mass is 9.66. The molecule has 1 saturated carbocycles. The lowest BCUT2D eigenvalue weighted by Crippen LogP contribution is -2.44. The van der Waals surface area contributed by atoms with Gasteiger partial charge in [-0.25, -0.2) is 4.79 Å². The Morgan fingerprint density at radius 3 is 2.38 bits per heavy atom. The van der Waals surface area contributed by atoms with Crippen LogP contribution in [-0.4, -0.2) is 23.7 Å². The van der Waals surface area contributed by atoms with Crippen molar-refractivity contribution >= 4 is 17.7 Å². The fourth-order valence-electron chi connectivity index (χ4n) is 2.68. The van der Waals surface area contributed by atoms with Gasteiger partial charge in [-0.2, -0.15) is 0 Å². The number of aryl methyl sites for hydroxylation is 1. The number of carboxylic acids is 1. The Morgan fingerprint density at radius 1 is 1.24 bits per heavy atom. The molecule has 1 aromatic carbocycles. The molecule has 1 aromatic rings. The zero-order chi connectivity index (χ0) is 15.3. The topological polar surface area (TPSA) is 78.4 Å². The number of benzene rings is 1. The van der Waals surface area contributed by atoms with Gasteiger partial charge in [0.1, 0.15) is 0 Å². The molecule has 5 heteroatoms. The summed E-state index contributed by atoms with van der Waals surface area (Å²) in [6.45, 7) is 2.49. The summed E-state index contributed by atoms with van der Waals surface area (Å²) in [5, 5.41) is 14.5. The number of carbonyl (C=O) groups is 2. The van der Waals surface area contributed by atoms with Crippen LogP contribution in [0.15, 0.2) is 24.3 Å². The third kappa shape index (κ3) is 4.21. The molecule has 2 amide bonds. The minimum absolute atomic E-state index is 0.123. The van der Waals surface area contributed by atoms with Gasteiger partial charge in [-0.15, -0.1) is 0 Å². The lowest BCUT2D eigenvalue weighted by Gasteiger charge is -2.40. The quantitative estimate of drug-likeness (QED) is 0.753. The lowest BCUT2D eigenvalue weighted by molar-refractivity contribution is -0.141. The third-order valence-electron chi connectivity index (χ3n) is 4.18. The van der Waals surface area contributed by atoms with Crippen LogP contribution in [0.4, 0.5) is 10.5 Å². The highest BCUT2D eigenvalue weighted by Gasteiger charge is 2.39. The first-order chi connectivity index (χ1) is 10.0. The van der Waals surface area contributed by atoms with Crippen molar-refractivity contribution in [1.82, 2.24) is 5.32 Å². The molecule has 1 fully saturated rings. The molecule has 2 rings (SSSR count). The molecule has 0 aromatic heterocycles. The Kier molecular flexibility index (Phi) is 4.83. The van der Waals surface area contributed by atoms with Crippen molar-refractivity contribution in [2.24, 2.45) is 5.41 Å². The molecule has 3 N–H and O–H groups in total. The Labute approximate surface area is 124 Å². The van der Waals surface area contributed by atoms with E-state index >= 15 is 0 Å². The Morgan fingerprint density at radius 2 is 1.90 bits per heavy atom. The minimum atomic E-state index is -0.799. The average molecular weight is 290 g/mol. The number of amides is 2. The zero-order valence-electron chi connectivity index (χ0n) is 12.3. The first-order valence-electron chi connectivity index (χ1n) is 7.39. The van der Waals surface area contributed by atoms with E-state index in [1.165, 1.54) is 5.56 Å². The number of rotatable bonds is 6. The van der Waals surface area contributed by atoms with Crippen molar-refractivity contribution in [3.8, 4) is 0 Å². The predicted octanol–water partition coefficient (Wildman–Crippen LogP) is 3.02. The number of aliphatic carboxylic acids is 1. The summed E-state index contributed by atoms with van der Waals surface area (Å²) in [5.41, 5.74) is 1.70. The standard InChI is InChI=1S/C16H22N2O3/c1-2-12-4-6-13(7-5-12)18-15(21)17-11-16(8-3-9-16)10-14(19)20/h4-7H,2-3,8-11H2,1H3,(H,19,20)(H2,17,18,21). The summed E-state index contributed by atoms with van der Waals surface area (Å²) in [6.07, 6.45) is 3.85. The normalized spacial score (nSPS) is 15.9. The van der Waals surface area contributed by atoms with E-state index in [0.29, 0.717) is 6.54 Å². The smallest absolute Gasteiger partial charge is 0.319 e. The molecule has 21 heavy (non-hydrogen) atoms. The number of anilines is 1. The maximum atomic E-state index is 11.9. The third-order valence-corrected chi connectivity index (χ3v) is 4.18. The van der Waals surface area contributed by atoms with Crippen LogP contribution in [0.3, 0.4) is 0 Å².